The van der Waals surface area contributed by atoms with Crippen LogP contribution in [0, 0.1) is 5.92 Å². The zero-order chi connectivity index (χ0) is 26.2. The third kappa shape index (κ3) is 8.23. The minimum absolute atomic E-state index is 0.161. The summed E-state index contributed by atoms with van der Waals surface area (Å²) in [4.78, 5) is 18.0. The Kier molecular flexibility index (Phi) is 10.3. The van der Waals surface area contributed by atoms with Crippen molar-refractivity contribution in [2.24, 2.45) is 5.92 Å². The third-order valence-corrected chi connectivity index (χ3v) is 9.68. The van der Waals surface area contributed by atoms with Gasteiger partial charge in [0.1, 0.15) is 5.82 Å². The maximum atomic E-state index is 13.3. The van der Waals surface area contributed by atoms with Crippen molar-refractivity contribution >= 4 is 29.2 Å². The summed E-state index contributed by atoms with van der Waals surface area (Å²) < 4.78 is 47.0. The molecule has 1 heterocycles. The van der Waals surface area contributed by atoms with Crippen LogP contribution in [-0.2, 0) is 34.7 Å². The molecule has 1 aliphatic carbocycles. The highest BCUT2D eigenvalue weighted by molar-refractivity contribution is 7.90. The van der Waals surface area contributed by atoms with Crippen LogP contribution in [0.3, 0.4) is 0 Å². The number of benzene rings is 1. The summed E-state index contributed by atoms with van der Waals surface area (Å²) in [5, 5.41) is 2.93. The first-order valence-corrected chi connectivity index (χ1v) is 16.2. The molecule has 1 fully saturated rings. The second kappa shape index (κ2) is 13.0. The maximum absolute atomic E-state index is 13.3. The van der Waals surface area contributed by atoms with Crippen LogP contribution in [0.15, 0.2) is 47.5 Å². The van der Waals surface area contributed by atoms with E-state index in [2.05, 4.69) is 10.3 Å². The molecular formula is C26H37N2O6PS. The summed E-state index contributed by atoms with van der Waals surface area (Å²) in [6.45, 7) is 4.20. The molecule has 0 spiro atoms. The Morgan fingerprint density at radius 1 is 1.08 bits per heavy atom. The first-order valence-electron chi connectivity index (χ1n) is 12.6. The van der Waals surface area contributed by atoms with Crippen LogP contribution >= 0.6 is 7.60 Å². The van der Waals surface area contributed by atoms with E-state index in [1.165, 1.54) is 19.1 Å². The zero-order valence-electron chi connectivity index (χ0n) is 21.3. The molecule has 1 aliphatic rings. The number of pyridine rings is 1. The number of amides is 1. The van der Waals surface area contributed by atoms with Crippen molar-refractivity contribution in [2.45, 2.75) is 63.2 Å². The zero-order valence-corrected chi connectivity index (χ0v) is 23.0. The summed E-state index contributed by atoms with van der Waals surface area (Å²) in [7, 11) is -6.44. The smallest absolute Gasteiger partial charge is 0.310 e. The monoisotopic (exact) mass is 536 g/mol. The first-order chi connectivity index (χ1) is 17.1. The Morgan fingerprint density at radius 3 is 2.25 bits per heavy atom. The average molecular weight is 537 g/mol. The van der Waals surface area contributed by atoms with Crippen LogP contribution in [-0.4, -0.2) is 44.9 Å². The number of rotatable bonds is 13. The fraction of sp³-hybridized carbons (Fsp3) is 0.538. The van der Waals surface area contributed by atoms with Crippen molar-refractivity contribution in [2.75, 3.05) is 30.9 Å². The van der Waals surface area contributed by atoms with E-state index in [1.807, 2.05) is 6.07 Å². The van der Waals surface area contributed by atoms with Gasteiger partial charge in [0.25, 0.3) is 0 Å². The Morgan fingerprint density at radius 2 is 1.72 bits per heavy atom. The van der Waals surface area contributed by atoms with Gasteiger partial charge in [0.2, 0.25) is 5.91 Å². The van der Waals surface area contributed by atoms with Crippen molar-refractivity contribution in [3.63, 3.8) is 0 Å². The number of sulfone groups is 1. The van der Waals surface area contributed by atoms with Crippen LogP contribution in [0.1, 0.15) is 63.0 Å². The fourth-order valence-electron chi connectivity index (χ4n) is 4.61. The molecule has 36 heavy (non-hydrogen) atoms. The molecular weight excluding hydrogens is 499 g/mol. The molecule has 2 aromatic rings. The standard InChI is InChI=1S/C26H37N2O6PS/c1-4-33-35(30,34-5-2)17-16-21-10-15-25(27-19-21)28-26(29)24(18-20-8-6-7-9-20)22-11-13-23(14-12-22)36(3,31)32/h10-15,19-20,24H,4-9,16-18H2,1-3H3,(H,27,28,29)/t24-/m1/s1. The van der Waals surface area contributed by atoms with Gasteiger partial charge in [-0.2, -0.15) is 0 Å². The van der Waals surface area contributed by atoms with E-state index in [0.29, 0.717) is 37.8 Å². The third-order valence-electron chi connectivity index (χ3n) is 6.47. The summed E-state index contributed by atoms with van der Waals surface area (Å²) in [6.07, 6.45) is 8.84. The van der Waals surface area contributed by atoms with E-state index in [9.17, 15) is 17.8 Å². The van der Waals surface area contributed by atoms with Crippen LogP contribution in [0.2, 0.25) is 0 Å². The second-order valence-corrected chi connectivity index (χ2v) is 13.4. The Hall–Kier alpha value is -2.06. The topological polar surface area (TPSA) is 112 Å². The number of aromatic nitrogens is 1. The van der Waals surface area contributed by atoms with E-state index in [1.54, 1.807) is 50.4 Å². The molecule has 8 nitrogen and oxygen atoms in total. The average Bonchev–Trinajstić information content (AvgIpc) is 3.35. The van der Waals surface area contributed by atoms with E-state index >= 15 is 0 Å². The minimum atomic E-state index is -3.31. The summed E-state index contributed by atoms with van der Waals surface area (Å²) in [5.41, 5.74) is 1.66. The number of aryl methyl sites for hydroxylation is 1. The lowest BCUT2D eigenvalue weighted by atomic mass is 9.87. The van der Waals surface area contributed by atoms with E-state index in [-0.39, 0.29) is 17.0 Å². The number of carbonyl (C=O) groups is 1. The highest BCUT2D eigenvalue weighted by Gasteiger charge is 2.27. The molecule has 0 bridgehead atoms. The molecule has 0 radical (unpaired) electrons. The molecule has 1 saturated carbocycles. The SMILES string of the molecule is CCOP(=O)(CCc1ccc(NC(=O)[C@H](CC2CCCC2)c2ccc(S(C)(=O)=O)cc2)nc1)OCC. The molecule has 1 N–H and O–H groups in total. The molecule has 1 atom stereocenters. The quantitative estimate of drug-likeness (QED) is 0.332. The van der Waals surface area contributed by atoms with E-state index in [4.69, 9.17) is 9.05 Å². The van der Waals surface area contributed by atoms with Crippen molar-refractivity contribution < 1.29 is 26.8 Å². The molecule has 10 heteroatoms. The number of hydrogen-bond donors (Lipinski definition) is 1. The molecule has 0 unspecified atom stereocenters. The Balaban J connectivity index is 1.69. The molecule has 198 valence electrons. The van der Waals surface area contributed by atoms with Gasteiger partial charge >= 0.3 is 7.60 Å². The van der Waals surface area contributed by atoms with Crippen molar-refractivity contribution in [3.05, 3.63) is 53.7 Å². The van der Waals surface area contributed by atoms with Crippen LogP contribution in [0.4, 0.5) is 5.82 Å². The van der Waals surface area contributed by atoms with Gasteiger partial charge in [-0.25, -0.2) is 13.4 Å². The van der Waals surface area contributed by atoms with Crippen LogP contribution < -0.4 is 5.32 Å². The van der Waals surface area contributed by atoms with Crippen LogP contribution in [0.25, 0.3) is 0 Å². The molecule has 1 amide bonds. The number of carbonyl (C=O) groups excluding carboxylic acids is 1. The fourth-order valence-corrected chi connectivity index (χ4v) is 6.89. The predicted molar refractivity (Wildman–Crippen MR) is 141 cm³/mol. The van der Waals surface area contributed by atoms with Crippen molar-refractivity contribution in [3.8, 4) is 0 Å². The number of nitrogens with one attached hydrogen (secondary N) is 1. The van der Waals surface area contributed by atoms with Gasteiger partial charge in [0.05, 0.1) is 30.2 Å². The van der Waals surface area contributed by atoms with Gasteiger partial charge in [0, 0.05) is 12.5 Å². The summed E-state index contributed by atoms with van der Waals surface area (Å²) >= 11 is 0. The first kappa shape index (κ1) is 28.5. The molecule has 1 aromatic carbocycles. The minimum Gasteiger partial charge on any atom is -0.310 e. The number of anilines is 1. The summed E-state index contributed by atoms with van der Waals surface area (Å²) in [5.74, 6) is 0.348. The molecule has 1 aromatic heterocycles. The van der Waals surface area contributed by atoms with Gasteiger partial charge in [0.15, 0.2) is 9.84 Å². The Labute approximate surface area is 214 Å². The lowest BCUT2D eigenvalue weighted by Crippen LogP contribution is -2.23. The largest absolute Gasteiger partial charge is 0.330 e. The molecule has 0 saturated heterocycles. The lowest BCUT2D eigenvalue weighted by molar-refractivity contribution is -0.118. The molecule has 0 aliphatic heterocycles. The van der Waals surface area contributed by atoms with Crippen molar-refractivity contribution in [1.29, 1.82) is 0 Å². The highest BCUT2D eigenvalue weighted by atomic mass is 32.2. The van der Waals surface area contributed by atoms with Gasteiger partial charge in [-0.15, -0.1) is 0 Å². The lowest BCUT2D eigenvalue weighted by Gasteiger charge is -2.21. The molecule has 3 rings (SSSR count). The van der Waals surface area contributed by atoms with E-state index in [0.717, 1.165) is 24.0 Å². The summed E-state index contributed by atoms with van der Waals surface area (Å²) in [6, 6.07) is 10.2. The predicted octanol–water partition coefficient (Wildman–Crippen LogP) is 5.60. The highest BCUT2D eigenvalue weighted by Crippen LogP contribution is 2.48. The van der Waals surface area contributed by atoms with E-state index < -0.39 is 23.4 Å². The van der Waals surface area contributed by atoms with Gasteiger partial charge in [-0.3, -0.25) is 9.36 Å². The van der Waals surface area contributed by atoms with Gasteiger partial charge < -0.3 is 14.4 Å². The normalized spacial score (nSPS) is 15.6. The number of hydrogen-bond acceptors (Lipinski definition) is 7. The van der Waals surface area contributed by atoms with Gasteiger partial charge in [-0.1, -0.05) is 43.9 Å². The van der Waals surface area contributed by atoms with Gasteiger partial charge in [-0.05, 0) is 61.9 Å². The second-order valence-electron chi connectivity index (χ2n) is 9.24. The van der Waals surface area contributed by atoms with Crippen molar-refractivity contribution in [1.82, 2.24) is 4.98 Å². The number of nitrogens with zero attached hydrogens (tertiary/aromatic N) is 1. The Bertz CT molecular complexity index is 1140. The van der Waals surface area contributed by atoms with Crippen LogP contribution in [0.5, 0.6) is 0 Å². The maximum Gasteiger partial charge on any atom is 0.330 e.